The van der Waals surface area contributed by atoms with Crippen LogP contribution in [-0.2, 0) is 0 Å². The summed E-state index contributed by atoms with van der Waals surface area (Å²) in [5, 5.41) is 7.24. The fourth-order valence-electron chi connectivity index (χ4n) is 0.908. The second kappa shape index (κ2) is 4.60. The number of nitrogens with one attached hydrogen (secondary N) is 1. The van der Waals surface area contributed by atoms with Crippen LogP contribution in [0.15, 0.2) is 18.3 Å². The molecule has 0 saturated carbocycles. The van der Waals surface area contributed by atoms with Crippen LogP contribution in [0.2, 0.25) is 0 Å². The van der Waals surface area contributed by atoms with Gasteiger partial charge in [-0.1, -0.05) is 13.8 Å². The van der Waals surface area contributed by atoms with Crippen molar-refractivity contribution in [3.8, 4) is 5.88 Å². The smallest absolute Gasteiger partial charge is 0.213 e. The van der Waals surface area contributed by atoms with Crippen molar-refractivity contribution in [2.75, 3.05) is 6.61 Å². The normalized spacial score (nSPS) is 10.2. The Bertz CT molecular complexity index is 323. The summed E-state index contributed by atoms with van der Waals surface area (Å²) in [6.45, 7) is 4.75. The number of pyridine rings is 1. The molecule has 3 N–H and O–H groups in total. The Labute approximate surface area is 83.6 Å². The SMILES string of the molecule is CC(C)COc1cc(C(=N)N)ccn1. The van der Waals surface area contributed by atoms with Gasteiger partial charge in [0.15, 0.2) is 0 Å². The van der Waals surface area contributed by atoms with Crippen molar-refractivity contribution in [2.24, 2.45) is 11.7 Å². The fraction of sp³-hybridized carbons (Fsp3) is 0.400. The van der Waals surface area contributed by atoms with Gasteiger partial charge in [-0.05, 0) is 12.0 Å². The number of aromatic nitrogens is 1. The van der Waals surface area contributed by atoms with E-state index in [4.69, 9.17) is 15.9 Å². The minimum absolute atomic E-state index is 0.0294. The summed E-state index contributed by atoms with van der Waals surface area (Å²) in [4.78, 5) is 4.02. The number of ether oxygens (including phenoxy) is 1. The lowest BCUT2D eigenvalue weighted by molar-refractivity contribution is 0.261. The molecule has 0 aliphatic rings. The Kier molecular flexibility index (Phi) is 3.45. The second-order valence-corrected chi connectivity index (χ2v) is 3.50. The van der Waals surface area contributed by atoms with Gasteiger partial charge in [0.25, 0.3) is 0 Å². The lowest BCUT2D eigenvalue weighted by Gasteiger charge is -2.08. The highest BCUT2D eigenvalue weighted by molar-refractivity contribution is 5.95. The molecule has 0 saturated heterocycles. The molecular formula is C10H15N3O. The van der Waals surface area contributed by atoms with E-state index in [2.05, 4.69) is 18.8 Å². The van der Waals surface area contributed by atoms with E-state index in [0.29, 0.717) is 24.0 Å². The first kappa shape index (κ1) is 10.5. The molecule has 0 unspecified atom stereocenters. The first-order valence-corrected chi connectivity index (χ1v) is 4.53. The number of nitrogen functional groups attached to an aromatic ring is 1. The Hall–Kier alpha value is -1.58. The van der Waals surface area contributed by atoms with Crippen molar-refractivity contribution in [1.82, 2.24) is 4.98 Å². The number of hydrogen-bond acceptors (Lipinski definition) is 3. The first-order valence-electron chi connectivity index (χ1n) is 4.53. The number of rotatable bonds is 4. The zero-order chi connectivity index (χ0) is 10.6. The maximum atomic E-state index is 7.24. The zero-order valence-electron chi connectivity index (χ0n) is 8.45. The predicted octanol–water partition coefficient (Wildman–Crippen LogP) is 1.40. The van der Waals surface area contributed by atoms with Gasteiger partial charge in [0.05, 0.1) is 6.61 Å². The first-order chi connectivity index (χ1) is 6.59. The molecule has 0 aromatic carbocycles. The highest BCUT2D eigenvalue weighted by Crippen LogP contribution is 2.09. The van der Waals surface area contributed by atoms with E-state index in [1.807, 2.05) is 0 Å². The molecule has 76 valence electrons. The molecule has 0 amide bonds. The van der Waals surface area contributed by atoms with Gasteiger partial charge < -0.3 is 10.5 Å². The lowest BCUT2D eigenvalue weighted by Crippen LogP contribution is -2.12. The van der Waals surface area contributed by atoms with Crippen LogP contribution in [-0.4, -0.2) is 17.4 Å². The monoisotopic (exact) mass is 193 g/mol. The number of hydrogen-bond donors (Lipinski definition) is 2. The topological polar surface area (TPSA) is 72.0 Å². The lowest BCUT2D eigenvalue weighted by atomic mass is 10.2. The minimum atomic E-state index is 0.0294. The molecule has 4 heteroatoms. The van der Waals surface area contributed by atoms with Gasteiger partial charge in [-0.3, -0.25) is 5.41 Å². The predicted molar refractivity (Wildman–Crippen MR) is 55.6 cm³/mol. The van der Waals surface area contributed by atoms with E-state index in [0.717, 1.165) is 0 Å². The second-order valence-electron chi connectivity index (χ2n) is 3.50. The Morgan fingerprint density at radius 1 is 1.64 bits per heavy atom. The summed E-state index contributed by atoms with van der Waals surface area (Å²) in [5.41, 5.74) is 5.98. The Morgan fingerprint density at radius 2 is 2.36 bits per heavy atom. The number of amidine groups is 1. The maximum absolute atomic E-state index is 7.24. The molecule has 1 aromatic heterocycles. The molecule has 1 rings (SSSR count). The van der Waals surface area contributed by atoms with Crippen LogP contribution < -0.4 is 10.5 Å². The standard InChI is InChI=1S/C10H15N3O/c1-7(2)6-14-9-5-8(10(11)12)3-4-13-9/h3-5,7H,6H2,1-2H3,(H3,11,12). The minimum Gasteiger partial charge on any atom is -0.477 e. The van der Waals surface area contributed by atoms with E-state index in [-0.39, 0.29) is 5.84 Å². The largest absolute Gasteiger partial charge is 0.477 e. The average molecular weight is 193 g/mol. The summed E-state index contributed by atoms with van der Waals surface area (Å²) in [7, 11) is 0. The van der Waals surface area contributed by atoms with Crippen molar-refractivity contribution in [1.29, 1.82) is 5.41 Å². The summed E-state index contributed by atoms with van der Waals surface area (Å²) < 4.78 is 5.39. The third kappa shape index (κ3) is 3.05. The number of nitrogens with two attached hydrogens (primary N) is 1. The van der Waals surface area contributed by atoms with Gasteiger partial charge in [0.1, 0.15) is 5.84 Å². The molecule has 0 fully saturated rings. The van der Waals surface area contributed by atoms with Crippen LogP contribution in [0.25, 0.3) is 0 Å². The zero-order valence-corrected chi connectivity index (χ0v) is 8.45. The van der Waals surface area contributed by atoms with Gasteiger partial charge in [-0.2, -0.15) is 0 Å². The third-order valence-corrected chi connectivity index (χ3v) is 1.61. The molecule has 0 atom stereocenters. The molecule has 0 aliphatic heterocycles. The third-order valence-electron chi connectivity index (χ3n) is 1.61. The van der Waals surface area contributed by atoms with E-state index < -0.39 is 0 Å². The molecule has 0 spiro atoms. The molecule has 14 heavy (non-hydrogen) atoms. The van der Waals surface area contributed by atoms with Crippen molar-refractivity contribution in [2.45, 2.75) is 13.8 Å². The molecule has 1 aromatic rings. The van der Waals surface area contributed by atoms with Crippen LogP contribution in [0.1, 0.15) is 19.4 Å². The Balaban J connectivity index is 2.69. The quantitative estimate of drug-likeness (QED) is 0.560. The highest BCUT2D eigenvalue weighted by Gasteiger charge is 2.01. The molecular weight excluding hydrogens is 178 g/mol. The number of nitrogens with zero attached hydrogens (tertiary/aromatic N) is 1. The van der Waals surface area contributed by atoms with E-state index in [9.17, 15) is 0 Å². The van der Waals surface area contributed by atoms with Crippen molar-refractivity contribution >= 4 is 5.84 Å². The average Bonchev–Trinajstić information content (AvgIpc) is 2.15. The summed E-state index contributed by atoms with van der Waals surface area (Å²) in [6, 6.07) is 3.36. The molecule has 1 heterocycles. The van der Waals surface area contributed by atoms with Crippen LogP contribution in [0, 0.1) is 11.3 Å². The summed E-state index contributed by atoms with van der Waals surface area (Å²) >= 11 is 0. The van der Waals surface area contributed by atoms with Crippen molar-refractivity contribution < 1.29 is 4.74 Å². The van der Waals surface area contributed by atoms with Gasteiger partial charge in [0, 0.05) is 17.8 Å². The summed E-state index contributed by atoms with van der Waals surface area (Å²) in [5.74, 6) is 1.01. The summed E-state index contributed by atoms with van der Waals surface area (Å²) in [6.07, 6.45) is 1.59. The van der Waals surface area contributed by atoms with Crippen LogP contribution >= 0.6 is 0 Å². The van der Waals surface area contributed by atoms with Gasteiger partial charge in [0.2, 0.25) is 5.88 Å². The molecule has 4 nitrogen and oxygen atoms in total. The highest BCUT2D eigenvalue weighted by atomic mass is 16.5. The van der Waals surface area contributed by atoms with E-state index in [1.54, 1.807) is 18.3 Å². The molecule has 0 radical (unpaired) electrons. The van der Waals surface area contributed by atoms with Gasteiger partial charge >= 0.3 is 0 Å². The van der Waals surface area contributed by atoms with Gasteiger partial charge in [-0.25, -0.2) is 4.98 Å². The molecule has 0 bridgehead atoms. The van der Waals surface area contributed by atoms with Crippen molar-refractivity contribution in [3.63, 3.8) is 0 Å². The van der Waals surface area contributed by atoms with E-state index in [1.165, 1.54) is 0 Å². The maximum Gasteiger partial charge on any atom is 0.213 e. The Morgan fingerprint density at radius 3 is 2.93 bits per heavy atom. The van der Waals surface area contributed by atoms with Crippen LogP contribution in [0.4, 0.5) is 0 Å². The molecule has 0 aliphatic carbocycles. The van der Waals surface area contributed by atoms with E-state index >= 15 is 0 Å². The van der Waals surface area contributed by atoms with Crippen molar-refractivity contribution in [3.05, 3.63) is 23.9 Å². The van der Waals surface area contributed by atoms with Gasteiger partial charge in [-0.15, -0.1) is 0 Å². The van der Waals surface area contributed by atoms with Crippen LogP contribution in [0.5, 0.6) is 5.88 Å². The van der Waals surface area contributed by atoms with Crippen LogP contribution in [0.3, 0.4) is 0 Å². The fourth-order valence-corrected chi connectivity index (χ4v) is 0.908.